The van der Waals surface area contributed by atoms with Crippen LogP contribution in [0.2, 0.25) is 0 Å². The van der Waals surface area contributed by atoms with Gasteiger partial charge in [-0.1, -0.05) is 18.2 Å². The molecule has 0 spiro atoms. The largest absolute Gasteiger partial charge is 0.408 e. The zero-order valence-corrected chi connectivity index (χ0v) is 17.6. The lowest BCUT2D eigenvalue weighted by molar-refractivity contribution is -0.184. The third-order valence-corrected chi connectivity index (χ3v) is 7.68. The second kappa shape index (κ2) is 8.38. The summed E-state index contributed by atoms with van der Waals surface area (Å²) in [6, 6.07) is 6.70. The molecular formula is C21H24F3N3O3S. The predicted molar refractivity (Wildman–Crippen MR) is 109 cm³/mol. The van der Waals surface area contributed by atoms with Gasteiger partial charge in [-0.25, -0.2) is 13.1 Å². The number of benzene rings is 1. The lowest BCUT2D eigenvalue weighted by atomic mass is 9.85. The molecule has 1 saturated carbocycles. The van der Waals surface area contributed by atoms with Gasteiger partial charge in [0.2, 0.25) is 15.9 Å². The molecule has 2 aromatic rings. The molecule has 2 fully saturated rings. The van der Waals surface area contributed by atoms with Crippen molar-refractivity contribution in [3.63, 3.8) is 0 Å². The number of hydrogen-bond acceptors (Lipinski definition) is 4. The van der Waals surface area contributed by atoms with Crippen molar-refractivity contribution in [1.29, 1.82) is 0 Å². The summed E-state index contributed by atoms with van der Waals surface area (Å²) < 4.78 is 67.7. The van der Waals surface area contributed by atoms with Crippen molar-refractivity contribution < 1.29 is 26.4 Å². The number of carbonyl (C=O) groups excluding carboxylic acids is 1. The van der Waals surface area contributed by atoms with E-state index in [2.05, 4.69) is 9.71 Å². The number of likely N-dealkylation sites (tertiary alicyclic amines) is 1. The first-order valence-corrected chi connectivity index (χ1v) is 11.9. The number of carbonyl (C=O) groups is 1. The molecule has 2 heterocycles. The average molecular weight is 456 g/mol. The summed E-state index contributed by atoms with van der Waals surface area (Å²) in [5.41, 5.74) is 0.694. The Hall–Kier alpha value is -2.20. The van der Waals surface area contributed by atoms with Crippen LogP contribution < -0.4 is 4.72 Å². The van der Waals surface area contributed by atoms with E-state index in [0.717, 1.165) is 4.90 Å². The van der Waals surface area contributed by atoms with Crippen LogP contribution >= 0.6 is 0 Å². The van der Waals surface area contributed by atoms with Gasteiger partial charge < -0.3 is 4.90 Å². The number of amides is 1. The van der Waals surface area contributed by atoms with Gasteiger partial charge in [-0.3, -0.25) is 9.78 Å². The van der Waals surface area contributed by atoms with E-state index in [4.69, 9.17) is 0 Å². The van der Waals surface area contributed by atoms with Crippen LogP contribution in [0.5, 0.6) is 0 Å². The topological polar surface area (TPSA) is 79.4 Å². The third kappa shape index (κ3) is 4.69. The number of alkyl halides is 3. The highest BCUT2D eigenvalue weighted by Crippen LogP contribution is 2.36. The van der Waals surface area contributed by atoms with Gasteiger partial charge in [0.1, 0.15) is 10.9 Å². The molecule has 1 aromatic heterocycles. The number of aromatic nitrogens is 1. The van der Waals surface area contributed by atoms with Crippen LogP contribution in [0.4, 0.5) is 13.2 Å². The molecule has 1 unspecified atom stereocenters. The minimum absolute atomic E-state index is 0.0514. The van der Waals surface area contributed by atoms with Crippen LogP contribution in [-0.2, 0) is 14.8 Å². The van der Waals surface area contributed by atoms with E-state index in [-0.39, 0.29) is 23.9 Å². The number of sulfonamides is 1. The number of nitrogens with zero attached hydrogens (tertiary/aromatic N) is 2. The molecule has 1 aliphatic heterocycles. The standard InChI is InChI=1S/C21H24F3N3O3S/c22-21(23,24)19-6-3-11-27(19)20(28)14-7-9-16(10-8-14)26-31(29,30)17-12-15-4-1-2-5-18(15)25-13-17/h1-2,4-5,12-14,16,19,26H,3,6-11H2. The molecule has 1 amide bonds. The van der Waals surface area contributed by atoms with Crippen molar-refractivity contribution in [1.82, 2.24) is 14.6 Å². The van der Waals surface area contributed by atoms with E-state index in [0.29, 0.717) is 43.0 Å². The molecule has 31 heavy (non-hydrogen) atoms. The van der Waals surface area contributed by atoms with Gasteiger partial charge in [-0.2, -0.15) is 13.2 Å². The Morgan fingerprint density at radius 1 is 1.10 bits per heavy atom. The Bertz CT molecular complexity index is 1070. The maximum Gasteiger partial charge on any atom is 0.408 e. The van der Waals surface area contributed by atoms with E-state index in [1.165, 1.54) is 6.20 Å². The van der Waals surface area contributed by atoms with Crippen LogP contribution in [0.3, 0.4) is 0 Å². The van der Waals surface area contributed by atoms with Crippen LogP contribution in [0.15, 0.2) is 41.4 Å². The summed E-state index contributed by atoms with van der Waals surface area (Å²) in [7, 11) is -3.79. The molecule has 1 N–H and O–H groups in total. The number of para-hydroxylation sites is 1. The van der Waals surface area contributed by atoms with Crippen LogP contribution in [-0.4, -0.2) is 49.0 Å². The molecule has 6 nitrogen and oxygen atoms in total. The Balaban J connectivity index is 1.37. The molecule has 4 rings (SSSR count). The van der Waals surface area contributed by atoms with Crippen molar-refractivity contribution in [3.05, 3.63) is 36.5 Å². The van der Waals surface area contributed by atoms with E-state index in [1.807, 2.05) is 6.07 Å². The summed E-state index contributed by atoms with van der Waals surface area (Å²) in [6.07, 6.45) is -1.26. The quantitative estimate of drug-likeness (QED) is 0.764. The third-order valence-electron chi connectivity index (χ3n) is 6.19. The van der Waals surface area contributed by atoms with Crippen LogP contribution in [0, 0.1) is 5.92 Å². The lowest BCUT2D eigenvalue weighted by Gasteiger charge is -2.33. The highest BCUT2D eigenvalue weighted by molar-refractivity contribution is 7.89. The molecule has 2 aliphatic rings. The Kier molecular flexibility index (Phi) is 5.95. The smallest absolute Gasteiger partial charge is 0.330 e. The normalized spacial score (nSPS) is 25.1. The summed E-state index contributed by atoms with van der Waals surface area (Å²) in [4.78, 5) is 17.9. The molecule has 1 aliphatic carbocycles. The monoisotopic (exact) mass is 455 g/mol. The minimum Gasteiger partial charge on any atom is -0.330 e. The zero-order chi connectivity index (χ0) is 22.2. The SMILES string of the molecule is O=C(C1CCC(NS(=O)(=O)c2cnc3ccccc3c2)CC1)N1CCCC1C(F)(F)F. The Labute approximate surface area is 178 Å². The van der Waals surface area contributed by atoms with Gasteiger partial charge in [0.15, 0.2) is 0 Å². The number of nitrogens with one attached hydrogen (secondary N) is 1. The van der Waals surface area contributed by atoms with Gasteiger partial charge in [0, 0.05) is 30.1 Å². The number of pyridine rings is 1. The summed E-state index contributed by atoms with van der Waals surface area (Å²) in [6.45, 7) is 0.129. The van der Waals surface area contributed by atoms with Crippen molar-refractivity contribution >= 4 is 26.8 Å². The van der Waals surface area contributed by atoms with Gasteiger partial charge in [-0.15, -0.1) is 0 Å². The highest BCUT2D eigenvalue weighted by Gasteiger charge is 2.48. The first-order valence-electron chi connectivity index (χ1n) is 10.4. The molecule has 1 saturated heterocycles. The maximum absolute atomic E-state index is 13.2. The molecule has 1 atom stereocenters. The van der Waals surface area contributed by atoms with Crippen LogP contribution in [0.25, 0.3) is 10.9 Å². The first-order chi connectivity index (χ1) is 14.6. The lowest BCUT2D eigenvalue weighted by Crippen LogP contribution is -2.48. The van der Waals surface area contributed by atoms with Crippen molar-refractivity contribution in [3.8, 4) is 0 Å². The molecule has 168 valence electrons. The van der Waals surface area contributed by atoms with Crippen molar-refractivity contribution in [2.24, 2.45) is 5.92 Å². The van der Waals surface area contributed by atoms with Crippen molar-refractivity contribution in [2.45, 2.75) is 61.7 Å². The number of halogens is 3. The first kappa shape index (κ1) is 22.0. The Morgan fingerprint density at radius 2 is 1.81 bits per heavy atom. The highest BCUT2D eigenvalue weighted by atomic mass is 32.2. The molecule has 0 radical (unpaired) electrons. The zero-order valence-electron chi connectivity index (χ0n) is 16.8. The number of rotatable bonds is 4. The second-order valence-electron chi connectivity index (χ2n) is 8.26. The van der Waals surface area contributed by atoms with Crippen LogP contribution in [0.1, 0.15) is 38.5 Å². The van der Waals surface area contributed by atoms with E-state index in [1.54, 1.807) is 24.3 Å². The fraction of sp³-hybridized carbons (Fsp3) is 0.524. The summed E-state index contributed by atoms with van der Waals surface area (Å²) >= 11 is 0. The predicted octanol–water partition coefficient (Wildman–Crippen LogP) is 3.63. The molecule has 10 heteroatoms. The fourth-order valence-corrected chi connectivity index (χ4v) is 5.83. The molecular weight excluding hydrogens is 431 g/mol. The summed E-state index contributed by atoms with van der Waals surface area (Å²) in [5, 5.41) is 0.713. The Morgan fingerprint density at radius 3 is 2.52 bits per heavy atom. The minimum atomic E-state index is -4.41. The van der Waals surface area contributed by atoms with Gasteiger partial charge in [-0.05, 0) is 50.7 Å². The van der Waals surface area contributed by atoms with E-state index >= 15 is 0 Å². The molecule has 0 bridgehead atoms. The number of hydrogen-bond donors (Lipinski definition) is 1. The average Bonchev–Trinajstić information content (AvgIpc) is 3.24. The second-order valence-corrected chi connectivity index (χ2v) is 9.98. The summed E-state index contributed by atoms with van der Waals surface area (Å²) in [5.74, 6) is -0.953. The maximum atomic E-state index is 13.2. The van der Waals surface area contributed by atoms with E-state index < -0.39 is 34.1 Å². The fourth-order valence-electron chi connectivity index (χ4n) is 4.55. The number of fused-ring (bicyclic) bond motifs is 1. The van der Waals surface area contributed by atoms with Gasteiger partial charge in [0.05, 0.1) is 5.52 Å². The van der Waals surface area contributed by atoms with E-state index in [9.17, 15) is 26.4 Å². The van der Waals surface area contributed by atoms with Gasteiger partial charge >= 0.3 is 6.18 Å². The van der Waals surface area contributed by atoms with Gasteiger partial charge in [0.25, 0.3) is 0 Å². The molecule has 1 aromatic carbocycles. The van der Waals surface area contributed by atoms with Crippen molar-refractivity contribution in [2.75, 3.05) is 6.54 Å².